The quantitative estimate of drug-likeness (QED) is 0.115. The van der Waals surface area contributed by atoms with E-state index in [9.17, 15) is 14.7 Å². The number of methoxy groups -OCH3 is 2. The first-order valence-electron chi connectivity index (χ1n) is 15.3. The third kappa shape index (κ3) is 6.94. The van der Waals surface area contributed by atoms with E-state index >= 15 is 0 Å². The summed E-state index contributed by atoms with van der Waals surface area (Å²) >= 11 is 0. The Morgan fingerprint density at radius 3 is 2.07 bits per heavy atom. The molecule has 0 amide bonds. The molecule has 0 radical (unpaired) electrons. The van der Waals surface area contributed by atoms with Gasteiger partial charge in [0.2, 0.25) is 0 Å². The highest BCUT2D eigenvalue weighted by Gasteiger charge is 2.48. The summed E-state index contributed by atoms with van der Waals surface area (Å²) in [4.78, 5) is 26.9. The lowest BCUT2D eigenvalue weighted by Gasteiger charge is -2.37. The monoisotopic (exact) mass is 628 g/mol. The second-order valence-corrected chi connectivity index (χ2v) is 11.0. The van der Waals surface area contributed by atoms with Gasteiger partial charge in [-0.1, -0.05) is 67.9 Å². The zero-order valence-electron chi connectivity index (χ0n) is 26.2. The molecule has 1 saturated heterocycles. The Morgan fingerprint density at radius 1 is 0.891 bits per heavy atom. The van der Waals surface area contributed by atoms with Gasteiger partial charge in [0.25, 0.3) is 5.56 Å². The van der Waals surface area contributed by atoms with Crippen LogP contribution in [0.1, 0.15) is 49.1 Å². The number of aromatic nitrogens is 2. The molecule has 2 N–H and O–H groups in total. The van der Waals surface area contributed by atoms with Crippen LogP contribution in [0.2, 0.25) is 0 Å². The van der Waals surface area contributed by atoms with Crippen molar-refractivity contribution in [1.29, 1.82) is 0 Å². The van der Waals surface area contributed by atoms with E-state index in [1.165, 1.54) is 23.1 Å². The summed E-state index contributed by atoms with van der Waals surface area (Å²) in [6, 6.07) is 26.2. The molecule has 242 valence electrons. The second-order valence-electron chi connectivity index (χ2n) is 11.0. The minimum Gasteiger partial charge on any atom is -0.497 e. The maximum absolute atomic E-state index is 12.8. The minimum absolute atomic E-state index is 0.0812. The molecule has 1 aliphatic heterocycles. The summed E-state index contributed by atoms with van der Waals surface area (Å²) in [5.41, 5.74) is 0.118. The Balaban J connectivity index is 1.54. The third-order valence-electron chi connectivity index (χ3n) is 8.13. The van der Waals surface area contributed by atoms with Crippen molar-refractivity contribution in [1.82, 2.24) is 9.55 Å². The Morgan fingerprint density at radius 2 is 1.50 bits per heavy atom. The fourth-order valence-corrected chi connectivity index (χ4v) is 5.67. The molecule has 10 nitrogen and oxygen atoms in total. The van der Waals surface area contributed by atoms with Gasteiger partial charge in [-0.2, -0.15) is 0 Å². The molecular weight excluding hydrogens is 588 g/mol. The third-order valence-corrected chi connectivity index (χ3v) is 8.13. The van der Waals surface area contributed by atoms with Crippen LogP contribution in [0.5, 0.6) is 11.5 Å². The van der Waals surface area contributed by atoms with E-state index in [1.54, 1.807) is 14.2 Å². The number of rotatable bonds is 14. The fourth-order valence-electron chi connectivity index (χ4n) is 5.67. The lowest BCUT2D eigenvalue weighted by atomic mass is 9.80. The number of benzene rings is 3. The highest BCUT2D eigenvalue weighted by Crippen LogP contribution is 2.43. The number of nitrogens with one attached hydrogen (secondary N) is 1. The first kappa shape index (κ1) is 32.7. The topological polar surface area (TPSA) is 121 Å². The highest BCUT2D eigenvalue weighted by molar-refractivity contribution is 5.49. The Labute approximate surface area is 267 Å². The Kier molecular flexibility index (Phi) is 10.7. The maximum atomic E-state index is 12.8. The van der Waals surface area contributed by atoms with Crippen LogP contribution < -0.4 is 20.7 Å². The van der Waals surface area contributed by atoms with Crippen molar-refractivity contribution < 1.29 is 28.8 Å². The van der Waals surface area contributed by atoms with Crippen molar-refractivity contribution in [2.75, 3.05) is 20.8 Å². The molecular formula is C36H40N2O8. The number of unbranched alkanes of at least 4 members (excludes halogenated alkanes) is 2. The summed E-state index contributed by atoms with van der Waals surface area (Å²) in [6.07, 6.45) is 3.49. The van der Waals surface area contributed by atoms with E-state index in [2.05, 4.69) is 11.9 Å². The van der Waals surface area contributed by atoms with Crippen molar-refractivity contribution in [3.63, 3.8) is 0 Å². The zero-order valence-corrected chi connectivity index (χ0v) is 26.2. The summed E-state index contributed by atoms with van der Waals surface area (Å²) in [7, 11) is 3.22. The van der Waals surface area contributed by atoms with E-state index < -0.39 is 41.4 Å². The number of ether oxygens (including phenoxy) is 5. The number of nitrogens with zero attached hydrogens (tertiary/aromatic N) is 1. The lowest BCUT2D eigenvalue weighted by molar-refractivity contribution is -0.0960. The zero-order chi connectivity index (χ0) is 32.5. The summed E-state index contributed by atoms with van der Waals surface area (Å²) in [5.74, 6) is 1.38. The van der Waals surface area contributed by atoms with Gasteiger partial charge in [-0.05, 0) is 59.9 Å². The molecule has 4 aromatic rings. The first-order valence-corrected chi connectivity index (χ1v) is 15.3. The van der Waals surface area contributed by atoms with Crippen LogP contribution in [-0.4, -0.2) is 53.8 Å². The number of hydrogen-bond donors (Lipinski definition) is 2. The molecule has 3 aromatic carbocycles. The van der Waals surface area contributed by atoms with E-state index in [4.69, 9.17) is 23.7 Å². The number of aromatic amines is 1. The van der Waals surface area contributed by atoms with Gasteiger partial charge in [-0.3, -0.25) is 14.3 Å². The van der Waals surface area contributed by atoms with Gasteiger partial charge in [-0.25, -0.2) is 4.79 Å². The molecule has 10 heteroatoms. The van der Waals surface area contributed by atoms with Gasteiger partial charge in [0.15, 0.2) is 12.3 Å². The number of aliphatic hydroxyl groups excluding tert-OH is 1. The first-order chi connectivity index (χ1) is 22.4. The van der Waals surface area contributed by atoms with Gasteiger partial charge in [-0.15, -0.1) is 0 Å². The molecule has 2 heterocycles. The molecule has 0 spiro atoms. The van der Waals surface area contributed by atoms with Crippen LogP contribution >= 0.6 is 0 Å². The summed E-state index contributed by atoms with van der Waals surface area (Å²) in [6.45, 7) is 2.02. The minimum atomic E-state index is -1.18. The average molecular weight is 629 g/mol. The number of H-pyrrole nitrogens is 1. The SMILES string of the molecule is CCCCC=COC1C(O)[C@H](COC(c2ccccc2)(c2ccc(OC)cc2)c2ccc(OC)cc2)O[C@@H]1n1ccc(=O)[nH]c1=O. The van der Waals surface area contributed by atoms with Crippen molar-refractivity contribution in [2.24, 2.45) is 0 Å². The van der Waals surface area contributed by atoms with Crippen LogP contribution in [-0.2, 0) is 19.8 Å². The van der Waals surface area contributed by atoms with Crippen molar-refractivity contribution >= 4 is 0 Å². The fraction of sp³-hybridized carbons (Fsp3) is 0.333. The van der Waals surface area contributed by atoms with Crippen LogP contribution in [0, 0.1) is 0 Å². The van der Waals surface area contributed by atoms with Crippen molar-refractivity contribution in [3.05, 3.63) is 141 Å². The predicted molar refractivity (Wildman–Crippen MR) is 173 cm³/mol. The smallest absolute Gasteiger partial charge is 0.330 e. The van der Waals surface area contributed by atoms with Gasteiger partial charge >= 0.3 is 5.69 Å². The molecule has 1 aromatic heterocycles. The van der Waals surface area contributed by atoms with Crippen LogP contribution in [0.3, 0.4) is 0 Å². The second kappa shape index (κ2) is 15.1. The molecule has 4 atom stereocenters. The van der Waals surface area contributed by atoms with Crippen molar-refractivity contribution in [3.8, 4) is 11.5 Å². The molecule has 1 aliphatic rings. The summed E-state index contributed by atoms with van der Waals surface area (Å²) < 4.78 is 31.3. The van der Waals surface area contributed by atoms with Crippen LogP contribution in [0.25, 0.3) is 0 Å². The largest absolute Gasteiger partial charge is 0.497 e. The molecule has 0 bridgehead atoms. The Hall–Kier alpha value is -4.64. The van der Waals surface area contributed by atoms with Gasteiger partial charge in [0.1, 0.15) is 29.3 Å². The molecule has 1 fully saturated rings. The Bertz CT molecular complexity index is 1630. The average Bonchev–Trinajstić information content (AvgIpc) is 3.40. The molecule has 2 unspecified atom stereocenters. The van der Waals surface area contributed by atoms with E-state index in [1.807, 2.05) is 84.9 Å². The van der Waals surface area contributed by atoms with Crippen LogP contribution in [0.15, 0.2) is 113 Å². The summed E-state index contributed by atoms with van der Waals surface area (Å²) in [5, 5.41) is 11.6. The van der Waals surface area contributed by atoms with E-state index in [0.29, 0.717) is 11.5 Å². The lowest BCUT2D eigenvalue weighted by Crippen LogP contribution is -2.40. The molecule has 0 saturated carbocycles. The molecule has 0 aliphatic carbocycles. The standard InChI is InChI=1S/C36H40N2O8/c1-4-5-6-10-23-44-33-32(40)30(46-34(33)38-22-21-31(39)37-35(38)41)24-45-36(25-11-8-7-9-12-25,26-13-17-28(42-2)18-14-26)27-15-19-29(43-3)20-16-27/h7-23,30,32-34,40H,4-6,24H2,1-3H3,(H,37,39,41)/t30-,32?,33?,34-/m0/s1. The van der Waals surface area contributed by atoms with Crippen molar-refractivity contribution in [2.45, 2.75) is 56.3 Å². The maximum Gasteiger partial charge on any atom is 0.330 e. The van der Waals surface area contributed by atoms with E-state index in [0.717, 1.165) is 36.0 Å². The normalized spacial score (nSPS) is 19.7. The van der Waals surface area contributed by atoms with Gasteiger partial charge in [0, 0.05) is 12.3 Å². The highest BCUT2D eigenvalue weighted by atomic mass is 16.6. The van der Waals surface area contributed by atoms with Gasteiger partial charge in [0.05, 0.1) is 27.1 Å². The molecule has 5 rings (SSSR count). The number of allylic oxidation sites excluding steroid dienone is 1. The number of aliphatic hydroxyl groups is 1. The van der Waals surface area contributed by atoms with Crippen LogP contribution in [0.4, 0.5) is 0 Å². The van der Waals surface area contributed by atoms with Gasteiger partial charge < -0.3 is 28.8 Å². The predicted octanol–water partition coefficient (Wildman–Crippen LogP) is 4.91. The van der Waals surface area contributed by atoms with E-state index in [-0.39, 0.29) is 6.61 Å². The molecule has 46 heavy (non-hydrogen) atoms. The number of hydrogen-bond acceptors (Lipinski definition) is 8.